The van der Waals surface area contributed by atoms with Crippen LogP contribution in [0.2, 0.25) is 0 Å². The molecule has 1 atom stereocenters. The van der Waals surface area contributed by atoms with Crippen molar-refractivity contribution in [2.45, 2.75) is 33.7 Å². The van der Waals surface area contributed by atoms with Crippen LogP contribution in [0.15, 0.2) is 29.5 Å². The summed E-state index contributed by atoms with van der Waals surface area (Å²) in [6.45, 7) is 11.1. The zero-order chi connectivity index (χ0) is 11.8. The number of hydrogen-bond acceptors (Lipinski definition) is 3. The van der Waals surface area contributed by atoms with Gasteiger partial charge in [0.05, 0.1) is 11.7 Å². The van der Waals surface area contributed by atoms with Gasteiger partial charge in [0.15, 0.2) is 5.78 Å². The Labute approximate surface area is 92.0 Å². The molecule has 0 aromatic heterocycles. The van der Waals surface area contributed by atoms with Crippen molar-refractivity contribution in [2.24, 2.45) is 10.9 Å². The van der Waals surface area contributed by atoms with Gasteiger partial charge in [0, 0.05) is 12.4 Å². The Bertz CT molecular complexity index is 277. The van der Waals surface area contributed by atoms with Crippen LogP contribution in [0.4, 0.5) is 0 Å². The summed E-state index contributed by atoms with van der Waals surface area (Å²) in [5, 5.41) is 3.12. The fourth-order valence-corrected chi connectivity index (χ4v) is 1.22. The van der Waals surface area contributed by atoms with E-state index in [1.807, 2.05) is 20.8 Å². The molecule has 3 nitrogen and oxygen atoms in total. The fourth-order valence-electron chi connectivity index (χ4n) is 1.22. The van der Waals surface area contributed by atoms with Crippen LogP contribution in [0.1, 0.15) is 27.7 Å². The summed E-state index contributed by atoms with van der Waals surface area (Å²) in [6, 6.07) is -0.179. The van der Waals surface area contributed by atoms with E-state index in [-0.39, 0.29) is 17.7 Å². The van der Waals surface area contributed by atoms with Crippen LogP contribution in [-0.4, -0.2) is 18.0 Å². The highest BCUT2D eigenvalue weighted by molar-refractivity contribution is 5.82. The second-order valence-corrected chi connectivity index (χ2v) is 3.67. The van der Waals surface area contributed by atoms with Crippen LogP contribution >= 0.6 is 0 Å². The Morgan fingerprint density at radius 1 is 1.47 bits per heavy atom. The van der Waals surface area contributed by atoms with E-state index in [1.165, 1.54) is 0 Å². The third-order valence-electron chi connectivity index (χ3n) is 2.01. The number of carbonyl (C=O) groups is 1. The Hall–Kier alpha value is -1.38. The van der Waals surface area contributed by atoms with Crippen molar-refractivity contribution in [1.29, 1.82) is 0 Å². The van der Waals surface area contributed by atoms with Crippen LogP contribution in [-0.2, 0) is 4.79 Å². The summed E-state index contributed by atoms with van der Waals surface area (Å²) in [4.78, 5) is 15.3. The molecule has 0 radical (unpaired) electrons. The number of carbonyl (C=O) groups excluding carboxylic acids is 1. The molecule has 15 heavy (non-hydrogen) atoms. The summed E-state index contributed by atoms with van der Waals surface area (Å²) in [5.41, 5.74) is 0.766. The van der Waals surface area contributed by atoms with Gasteiger partial charge in [-0.2, -0.15) is 0 Å². The first kappa shape index (κ1) is 13.6. The zero-order valence-electron chi connectivity index (χ0n) is 9.95. The highest BCUT2D eigenvalue weighted by atomic mass is 16.1. The lowest BCUT2D eigenvalue weighted by Crippen LogP contribution is -2.38. The minimum Gasteiger partial charge on any atom is -0.374 e. The number of nitrogens with one attached hydrogen (secondary N) is 1. The molecule has 0 rings (SSSR count). The zero-order valence-corrected chi connectivity index (χ0v) is 9.95. The Morgan fingerprint density at radius 2 is 2.07 bits per heavy atom. The van der Waals surface area contributed by atoms with Gasteiger partial charge in [-0.15, -0.1) is 0 Å². The molecule has 0 unspecified atom stereocenters. The van der Waals surface area contributed by atoms with Crippen molar-refractivity contribution in [2.75, 3.05) is 0 Å². The molecule has 0 spiro atoms. The first-order chi connectivity index (χ1) is 7.02. The normalized spacial score (nSPS) is 14.3. The maximum absolute atomic E-state index is 11.3. The first-order valence-corrected chi connectivity index (χ1v) is 5.10. The second-order valence-electron chi connectivity index (χ2n) is 3.67. The maximum atomic E-state index is 11.3. The molecule has 0 aromatic rings. The summed E-state index contributed by atoms with van der Waals surface area (Å²) >= 11 is 0. The molecule has 0 bridgehead atoms. The van der Waals surface area contributed by atoms with Crippen LogP contribution in [0.3, 0.4) is 0 Å². The first-order valence-electron chi connectivity index (χ1n) is 5.10. The monoisotopic (exact) mass is 208 g/mol. The predicted octanol–water partition coefficient (Wildman–Crippen LogP) is 2.31. The summed E-state index contributed by atoms with van der Waals surface area (Å²) in [5.74, 6) is 0.370. The SMILES string of the molecule is C=C/C(=C\N=CC)N[C@H](C(C)=O)C(C)C. The minimum atomic E-state index is -0.179. The molecule has 1 N–H and O–H groups in total. The third-order valence-corrected chi connectivity index (χ3v) is 2.01. The van der Waals surface area contributed by atoms with E-state index in [4.69, 9.17) is 0 Å². The molecule has 3 heteroatoms. The molecule has 0 amide bonds. The molecule has 0 aromatic carbocycles. The molecule has 0 aliphatic rings. The lowest BCUT2D eigenvalue weighted by atomic mass is 10.0. The van der Waals surface area contributed by atoms with E-state index in [0.717, 1.165) is 5.70 Å². The van der Waals surface area contributed by atoms with Crippen molar-refractivity contribution in [1.82, 2.24) is 5.32 Å². The number of Topliss-reactive ketones (excluding diaryl/α,β-unsaturated/α-hetero) is 1. The average molecular weight is 208 g/mol. The van der Waals surface area contributed by atoms with Gasteiger partial charge in [-0.05, 0) is 25.8 Å². The fraction of sp³-hybridized carbons (Fsp3) is 0.500. The molecule has 0 saturated heterocycles. The number of hydrogen-bond donors (Lipinski definition) is 1. The van der Waals surface area contributed by atoms with E-state index in [0.29, 0.717) is 0 Å². The number of nitrogens with zero attached hydrogens (tertiary/aromatic N) is 1. The summed E-state index contributed by atoms with van der Waals surface area (Å²) in [6.07, 6.45) is 5.00. The molecule has 0 heterocycles. The number of aliphatic imine (C=N–C) groups is 1. The molecule has 0 fully saturated rings. The van der Waals surface area contributed by atoms with Gasteiger partial charge in [0.1, 0.15) is 0 Å². The average Bonchev–Trinajstić information content (AvgIpc) is 2.17. The highest BCUT2D eigenvalue weighted by Crippen LogP contribution is 2.06. The van der Waals surface area contributed by atoms with Crippen LogP contribution in [0, 0.1) is 5.92 Å². The standard InChI is InChI=1S/C12H20N2O/c1-6-11(8-13-7-2)14-12(9(3)4)10(5)15/h6-9,12,14H,1H2,2-5H3/b11-8+,13-7?/t12-/m0/s1. The number of rotatable bonds is 6. The smallest absolute Gasteiger partial charge is 0.152 e. The lowest BCUT2D eigenvalue weighted by Gasteiger charge is -2.20. The van der Waals surface area contributed by atoms with Gasteiger partial charge < -0.3 is 5.32 Å². The van der Waals surface area contributed by atoms with E-state index in [9.17, 15) is 4.79 Å². The minimum absolute atomic E-state index is 0.123. The number of ketones is 1. The van der Waals surface area contributed by atoms with Crippen molar-refractivity contribution >= 4 is 12.0 Å². The Kier molecular flexibility index (Phi) is 6.34. The molecular weight excluding hydrogens is 188 g/mol. The summed E-state index contributed by atoms with van der Waals surface area (Å²) in [7, 11) is 0. The van der Waals surface area contributed by atoms with Gasteiger partial charge in [-0.1, -0.05) is 20.4 Å². The molecular formula is C12H20N2O. The van der Waals surface area contributed by atoms with E-state index in [1.54, 1.807) is 25.4 Å². The van der Waals surface area contributed by atoms with E-state index < -0.39 is 0 Å². The topological polar surface area (TPSA) is 41.5 Å². The van der Waals surface area contributed by atoms with Crippen LogP contribution in [0.25, 0.3) is 0 Å². The highest BCUT2D eigenvalue weighted by Gasteiger charge is 2.17. The molecule has 0 saturated carbocycles. The maximum Gasteiger partial charge on any atom is 0.152 e. The Morgan fingerprint density at radius 3 is 2.40 bits per heavy atom. The predicted molar refractivity (Wildman–Crippen MR) is 64.9 cm³/mol. The second kappa shape index (κ2) is 6.98. The number of allylic oxidation sites excluding steroid dienone is 1. The largest absolute Gasteiger partial charge is 0.374 e. The van der Waals surface area contributed by atoms with E-state index >= 15 is 0 Å². The van der Waals surface area contributed by atoms with Gasteiger partial charge in [0.25, 0.3) is 0 Å². The summed E-state index contributed by atoms with van der Waals surface area (Å²) < 4.78 is 0. The van der Waals surface area contributed by atoms with Crippen molar-refractivity contribution in [3.8, 4) is 0 Å². The van der Waals surface area contributed by atoms with Crippen molar-refractivity contribution in [3.05, 3.63) is 24.6 Å². The molecule has 0 aliphatic heterocycles. The van der Waals surface area contributed by atoms with Crippen molar-refractivity contribution < 1.29 is 4.79 Å². The third kappa shape index (κ3) is 5.15. The lowest BCUT2D eigenvalue weighted by molar-refractivity contribution is -0.119. The quantitative estimate of drug-likeness (QED) is 0.537. The molecule has 0 aliphatic carbocycles. The Balaban J connectivity index is 4.63. The van der Waals surface area contributed by atoms with Gasteiger partial charge in [-0.3, -0.25) is 9.79 Å². The van der Waals surface area contributed by atoms with Crippen LogP contribution < -0.4 is 5.32 Å². The molecule has 84 valence electrons. The van der Waals surface area contributed by atoms with Gasteiger partial charge >= 0.3 is 0 Å². The van der Waals surface area contributed by atoms with Crippen LogP contribution in [0.5, 0.6) is 0 Å². The van der Waals surface area contributed by atoms with Crippen molar-refractivity contribution in [3.63, 3.8) is 0 Å². The van der Waals surface area contributed by atoms with Gasteiger partial charge in [-0.25, -0.2) is 0 Å². The van der Waals surface area contributed by atoms with Gasteiger partial charge in [0.2, 0.25) is 0 Å². The van der Waals surface area contributed by atoms with E-state index in [2.05, 4.69) is 16.9 Å².